The summed E-state index contributed by atoms with van der Waals surface area (Å²) >= 11 is 0. The van der Waals surface area contributed by atoms with Gasteiger partial charge in [0.15, 0.2) is 0 Å². The molecule has 5 heteroatoms. The van der Waals surface area contributed by atoms with E-state index in [-0.39, 0.29) is 5.91 Å². The van der Waals surface area contributed by atoms with Crippen LogP contribution in [-0.2, 0) is 4.74 Å². The van der Waals surface area contributed by atoms with Gasteiger partial charge in [-0.15, -0.1) is 0 Å². The SMILES string of the molecule is CN(C)C(=O)c1cccc(-c2cc(C(=O)OC(C)(C)C)ccn2)c1. The van der Waals surface area contributed by atoms with Crippen molar-refractivity contribution in [1.29, 1.82) is 0 Å². The Kier molecular flexibility index (Phi) is 5.02. The lowest BCUT2D eigenvalue weighted by Gasteiger charge is -2.19. The third kappa shape index (κ3) is 4.41. The summed E-state index contributed by atoms with van der Waals surface area (Å²) in [6.45, 7) is 5.47. The Balaban J connectivity index is 2.34. The molecule has 0 unspecified atom stereocenters. The van der Waals surface area contributed by atoms with E-state index in [1.165, 1.54) is 4.90 Å². The molecular weight excluding hydrogens is 304 g/mol. The lowest BCUT2D eigenvalue weighted by Crippen LogP contribution is -2.23. The maximum Gasteiger partial charge on any atom is 0.338 e. The maximum absolute atomic E-state index is 12.2. The molecule has 2 rings (SSSR count). The second-order valence-electron chi connectivity index (χ2n) is 6.71. The molecule has 0 aliphatic heterocycles. The van der Waals surface area contributed by atoms with Gasteiger partial charge in [0, 0.05) is 31.4 Å². The van der Waals surface area contributed by atoms with E-state index in [2.05, 4.69) is 4.98 Å². The van der Waals surface area contributed by atoms with Crippen LogP contribution in [0.5, 0.6) is 0 Å². The Hall–Kier alpha value is -2.69. The fraction of sp³-hybridized carbons (Fsp3) is 0.316. The maximum atomic E-state index is 12.2. The molecule has 0 atom stereocenters. The molecule has 24 heavy (non-hydrogen) atoms. The number of hydrogen-bond donors (Lipinski definition) is 0. The second-order valence-corrected chi connectivity index (χ2v) is 6.71. The largest absolute Gasteiger partial charge is 0.456 e. The molecule has 1 aromatic heterocycles. The van der Waals surface area contributed by atoms with E-state index < -0.39 is 11.6 Å². The number of carbonyl (C=O) groups is 2. The number of amides is 1. The summed E-state index contributed by atoms with van der Waals surface area (Å²) < 4.78 is 5.38. The van der Waals surface area contributed by atoms with Crippen LogP contribution in [0, 0.1) is 0 Å². The van der Waals surface area contributed by atoms with Gasteiger partial charge in [-0.2, -0.15) is 0 Å². The third-order valence-electron chi connectivity index (χ3n) is 3.21. The van der Waals surface area contributed by atoms with E-state index in [0.717, 1.165) is 5.56 Å². The number of ether oxygens (including phenoxy) is 1. The average molecular weight is 326 g/mol. The van der Waals surface area contributed by atoms with Crippen molar-refractivity contribution in [3.8, 4) is 11.3 Å². The van der Waals surface area contributed by atoms with Crippen molar-refractivity contribution in [2.75, 3.05) is 14.1 Å². The molecule has 0 bridgehead atoms. The first kappa shape index (κ1) is 17.7. The summed E-state index contributed by atoms with van der Waals surface area (Å²) in [7, 11) is 3.41. The Labute approximate surface area is 142 Å². The van der Waals surface area contributed by atoms with Crippen LogP contribution in [-0.4, -0.2) is 41.5 Å². The minimum atomic E-state index is -0.557. The first-order valence-corrected chi connectivity index (χ1v) is 7.69. The molecular formula is C19H22N2O3. The molecule has 0 saturated carbocycles. The molecule has 0 saturated heterocycles. The van der Waals surface area contributed by atoms with Crippen molar-refractivity contribution in [3.63, 3.8) is 0 Å². The lowest BCUT2D eigenvalue weighted by atomic mass is 10.1. The zero-order valence-electron chi connectivity index (χ0n) is 14.7. The van der Waals surface area contributed by atoms with E-state index in [4.69, 9.17) is 4.74 Å². The molecule has 126 valence electrons. The van der Waals surface area contributed by atoms with Gasteiger partial charge in [-0.05, 0) is 45.0 Å². The van der Waals surface area contributed by atoms with E-state index in [1.54, 1.807) is 50.6 Å². The van der Waals surface area contributed by atoms with E-state index >= 15 is 0 Å². The highest BCUT2D eigenvalue weighted by Crippen LogP contribution is 2.21. The number of pyridine rings is 1. The molecule has 1 aromatic carbocycles. The second kappa shape index (κ2) is 6.83. The van der Waals surface area contributed by atoms with Gasteiger partial charge in [-0.1, -0.05) is 12.1 Å². The van der Waals surface area contributed by atoms with E-state index in [9.17, 15) is 9.59 Å². The van der Waals surface area contributed by atoms with Gasteiger partial charge < -0.3 is 9.64 Å². The predicted molar refractivity (Wildman–Crippen MR) is 92.9 cm³/mol. The molecule has 0 N–H and O–H groups in total. The quantitative estimate of drug-likeness (QED) is 0.811. The fourth-order valence-electron chi connectivity index (χ4n) is 2.12. The van der Waals surface area contributed by atoms with Crippen molar-refractivity contribution >= 4 is 11.9 Å². The van der Waals surface area contributed by atoms with E-state index in [1.807, 2.05) is 26.8 Å². The molecule has 5 nitrogen and oxygen atoms in total. The number of aromatic nitrogens is 1. The minimum Gasteiger partial charge on any atom is -0.456 e. The Morgan fingerprint density at radius 1 is 1.04 bits per heavy atom. The van der Waals surface area contributed by atoms with Crippen LogP contribution in [0.3, 0.4) is 0 Å². The van der Waals surface area contributed by atoms with E-state index in [0.29, 0.717) is 16.8 Å². The van der Waals surface area contributed by atoms with Crippen molar-refractivity contribution in [2.45, 2.75) is 26.4 Å². The highest BCUT2D eigenvalue weighted by atomic mass is 16.6. The summed E-state index contributed by atoms with van der Waals surface area (Å²) in [4.78, 5) is 30.1. The van der Waals surface area contributed by atoms with Crippen LogP contribution in [0.2, 0.25) is 0 Å². The fourth-order valence-corrected chi connectivity index (χ4v) is 2.12. The van der Waals surface area contributed by atoms with Crippen molar-refractivity contribution < 1.29 is 14.3 Å². The molecule has 0 radical (unpaired) electrons. The zero-order valence-corrected chi connectivity index (χ0v) is 14.7. The van der Waals surface area contributed by atoms with Gasteiger partial charge in [0.1, 0.15) is 5.60 Å². The molecule has 0 spiro atoms. The Morgan fingerprint density at radius 3 is 2.38 bits per heavy atom. The Morgan fingerprint density at radius 2 is 1.75 bits per heavy atom. The Bertz CT molecular complexity index is 761. The summed E-state index contributed by atoms with van der Waals surface area (Å²) in [5.41, 5.74) is 1.83. The van der Waals surface area contributed by atoms with Crippen LogP contribution >= 0.6 is 0 Å². The average Bonchev–Trinajstić information content (AvgIpc) is 2.52. The van der Waals surface area contributed by atoms with Crippen molar-refractivity contribution in [2.24, 2.45) is 0 Å². The highest BCUT2D eigenvalue weighted by Gasteiger charge is 2.18. The van der Waals surface area contributed by atoms with Gasteiger partial charge in [-0.3, -0.25) is 9.78 Å². The number of carbonyl (C=O) groups excluding carboxylic acids is 2. The number of nitrogens with zero attached hydrogens (tertiary/aromatic N) is 2. The summed E-state index contributed by atoms with van der Waals surface area (Å²) in [5.74, 6) is -0.480. The first-order valence-electron chi connectivity index (χ1n) is 7.69. The molecule has 0 aliphatic rings. The summed E-state index contributed by atoms with van der Waals surface area (Å²) in [5, 5.41) is 0. The van der Waals surface area contributed by atoms with Crippen LogP contribution < -0.4 is 0 Å². The normalized spacial score (nSPS) is 11.0. The van der Waals surface area contributed by atoms with Gasteiger partial charge >= 0.3 is 5.97 Å². The molecule has 0 fully saturated rings. The van der Waals surface area contributed by atoms with Gasteiger partial charge in [0.2, 0.25) is 0 Å². The van der Waals surface area contributed by atoms with Crippen LogP contribution in [0.15, 0.2) is 42.6 Å². The van der Waals surface area contributed by atoms with Gasteiger partial charge in [-0.25, -0.2) is 4.79 Å². The molecule has 2 aromatic rings. The lowest BCUT2D eigenvalue weighted by molar-refractivity contribution is 0.00693. The predicted octanol–water partition coefficient (Wildman–Crippen LogP) is 3.41. The summed E-state index contributed by atoms with van der Waals surface area (Å²) in [6, 6.07) is 10.5. The van der Waals surface area contributed by atoms with Crippen molar-refractivity contribution in [1.82, 2.24) is 9.88 Å². The topological polar surface area (TPSA) is 59.5 Å². The number of hydrogen-bond acceptors (Lipinski definition) is 4. The van der Waals surface area contributed by atoms with Gasteiger partial charge in [0.25, 0.3) is 5.91 Å². The van der Waals surface area contributed by atoms with Crippen molar-refractivity contribution in [3.05, 3.63) is 53.7 Å². The van der Waals surface area contributed by atoms with Crippen LogP contribution in [0.1, 0.15) is 41.5 Å². The molecule has 1 heterocycles. The number of esters is 1. The molecule has 1 amide bonds. The van der Waals surface area contributed by atoms with Gasteiger partial charge in [0.05, 0.1) is 11.3 Å². The van der Waals surface area contributed by atoms with Crippen LogP contribution in [0.25, 0.3) is 11.3 Å². The summed E-state index contributed by atoms with van der Waals surface area (Å²) in [6.07, 6.45) is 1.56. The number of rotatable bonds is 3. The molecule has 0 aliphatic carbocycles. The minimum absolute atomic E-state index is 0.0832. The standard InChI is InChI=1S/C19H22N2O3/c1-19(2,3)24-18(23)15-9-10-20-16(12-15)13-7-6-8-14(11-13)17(22)21(4)5/h6-12H,1-5H3. The highest BCUT2D eigenvalue weighted by molar-refractivity contribution is 5.95. The first-order chi connectivity index (χ1) is 11.2. The monoisotopic (exact) mass is 326 g/mol. The number of benzene rings is 1. The zero-order chi connectivity index (χ0) is 17.9. The third-order valence-corrected chi connectivity index (χ3v) is 3.21. The smallest absolute Gasteiger partial charge is 0.338 e. The van der Waals surface area contributed by atoms with Crippen LogP contribution in [0.4, 0.5) is 0 Å².